The maximum atomic E-state index is 13.2. The van der Waals surface area contributed by atoms with Crippen LogP contribution in [0.1, 0.15) is 38.1 Å². The summed E-state index contributed by atoms with van der Waals surface area (Å²) in [5.74, 6) is 1.48. The van der Waals surface area contributed by atoms with Gasteiger partial charge >= 0.3 is 0 Å². The van der Waals surface area contributed by atoms with Gasteiger partial charge in [-0.1, -0.05) is 29.8 Å². The Morgan fingerprint density at radius 1 is 1.23 bits per heavy atom. The molecule has 0 spiro atoms. The molecule has 0 aliphatic heterocycles. The van der Waals surface area contributed by atoms with Gasteiger partial charge in [-0.3, -0.25) is 4.79 Å². The summed E-state index contributed by atoms with van der Waals surface area (Å²) in [7, 11) is 0. The average Bonchev–Trinajstić information content (AvgIpc) is 2.74. The van der Waals surface area contributed by atoms with E-state index in [1.165, 1.54) is 4.68 Å². The van der Waals surface area contributed by atoms with Crippen molar-refractivity contribution in [1.29, 1.82) is 5.26 Å². The number of fused-ring (bicyclic) bond motifs is 1. The van der Waals surface area contributed by atoms with Crippen LogP contribution in [0.15, 0.2) is 49.2 Å². The van der Waals surface area contributed by atoms with Crippen LogP contribution in [0.3, 0.4) is 0 Å². The molecule has 0 radical (unpaired) electrons. The van der Waals surface area contributed by atoms with Crippen molar-refractivity contribution in [3.8, 4) is 17.6 Å². The van der Waals surface area contributed by atoms with E-state index in [9.17, 15) is 4.79 Å². The van der Waals surface area contributed by atoms with E-state index in [1.807, 2.05) is 39.0 Å². The molecule has 1 aromatic heterocycles. The fourth-order valence-corrected chi connectivity index (χ4v) is 3.70. The van der Waals surface area contributed by atoms with Crippen molar-refractivity contribution in [2.45, 2.75) is 26.7 Å². The van der Waals surface area contributed by atoms with E-state index in [2.05, 4.69) is 41.9 Å². The van der Waals surface area contributed by atoms with Crippen LogP contribution < -0.4 is 15.0 Å². The summed E-state index contributed by atoms with van der Waals surface area (Å²) in [6.45, 7) is 6.12. The van der Waals surface area contributed by atoms with E-state index >= 15 is 0 Å². The zero-order valence-electron chi connectivity index (χ0n) is 17.2. The molecule has 0 fully saturated rings. The minimum Gasteiger partial charge on any atom is -0.490 e. The Hall–Kier alpha value is -2.70. The summed E-state index contributed by atoms with van der Waals surface area (Å²) >= 11 is 6.90. The third-order valence-electron chi connectivity index (χ3n) is 4.32. The SMILES string of the molecule is CCOc1cc(C=Nn2c(C(C)C)nc3ccc(Br)cc3c2=O)c(Br)cc1OCC#N. The molecule has 2 aromatic carbocycles. The highest BCUT2D eigenvalue weighted by Crippen LogP contribution is 2.33. The van der Waals surface area contributed by atoms with Crippen LogP contribution in [0.5, 0.6) is 11.5 Å². The molecule has 3 aromatic rings. The molecule has 3 rings (SSSR count). The number of nitrogens with zero attached hydrogens (tertiary/aromatic N) is 4. The lowest BCUT2D eigenvalue weighted by atomic mass is 10.2. The van der Waals surface area contributed by atoms with Crippen molar-refractivity contribution < 1.29 is 9.47 Å². The molecule has 160 valence electrons. The summed E-state index contributed by atoms with van der Waals surface area (Å²) < 4.78 is 13.9. The molecule has 1 heterocycles. The number of rotatable bonds is 7. The van der Waals surface area contributed by atoms with Crippen molar-refractivity contribution in [3.63, 3.8) is 0 Å². The van der Waals surface area contributed by atoms with E-state index in [0.29, 0.717) is 44.9 Å². The Kier molecular flexibility index (Phi) is 7.46. The fraction of sp³-hybridized carbons (Fsp3) is 0.273. The first-order valence-corrected chi connectivity index (χ1v) is 11.2. The zero-order valence-corrected chi connectivity index (χ0v) is 20.4. The number of hydrogen-bond acceptors (Lipinski definition) is 6. The van der Waals surface area contributed by atoms with E-state index < -0.39 is 0 Å². The number of ether oxygens (including phenoxy) is 2. The fourth-order valence-electron chi connectivity index (χ4n) is 2.91. The lowest BCUT2D eigenvalue weighted by Gasteiger charge is -2.13. The molecule has 0 amide bonds. The molecule has 7 nitrogen and oxygen atoms in total. The number of benzene rings is 2. The predicted octanol–water partition coefficient (Wildman–Crippen LogP) is 5.23. The number of hydrogen-bond donors (Lipinski definition) is 0. The first kappa shape index (κ1) is 23.0. The highest BCUT2D eigenvalue weighted by atomic mass is 79.9. The zero-order chi connectivity index (χ0) is 22.5. The summed E-state index contributed by atoms with van der Waals surface area (Å²) in [5, 5.41) is 13.7. The van der Waals surface area contributed by atoms with Crippen molar-refractivity contribution in [2.24, 2.45) is 5.10 Å². The average molecular weight is 548 g/mol. The molecule has 9 heteroatoms. The summed E-state index contributed by atoms with van der Waals surface area (Å²) in [5.41, 5.74) is 1.06. The van der Waals surface area contributed by atoms with Gasteiger partial charge in [-0.2, -0.15) is 15.0 Å². The summed E-state index contributed by atoms with van der Waals surface area (Å²) in [4.78, 5) is 17.8. The van der Waals surface area contributed by atoms with E-state index in [4.69, 9.17) is 14.7 Å². The van der Waals surface area contributed by atoms with Gasteiger partial charge in [-0.05, 0) is 53.2 Å². The molecule has 0 bridgehead atoms. The molecular weight excluding hydrogens is 528 g/mol. The Morgan fingerprint density at radius 2 is 1.97 bits per heavy atom. The molecule has 0 saturated heterocycles. The Morgan fingerprint density at radius 3 is 2.65 bits per heavy atom. The Balaban J connectivity index is 2.11. The molecule has 0 aliphatic rings. The molecule has 31 heavy (non-hydrogen) atoms. The van der Waals surface area contributed by atoms with Crippen molar-refractivity contribution in [3.05, 3.63) is 61.0 Å². The predicted molar refractivity (Wildman–Crippen MR) is 127 cm³/mol. The third kappa shape index (κ3) is 5.14. The third-order valence-corrected chi connectivity index (χ3v) is 5.50. The van der Waals surface area contributed by atoms with Crippen LogP contribution in [0, 0.1) is 11.3 Å². The van der Waals surface area contributed by atoms with Gasteiger partial charge in [-0.15, -0.1) is 0 Å². The maximum absolute atomic E-state index is 13.2. The van der Waals surface area contributed by atoms with Gasteiger partial charge in [-0.25, -0.2) is 4.98 Å². The van der Waals surface area contributed by atoms with Crippen molar-refractivity contribution >= 4 is 49.0 Å². The van der Waals surface area contributed by atoms with Gasteiger partial charge in [0, 0.05) is 20.4 Å². The van der Waals surface area contributed by atoms with E-state index in [1.54, 1.807) is 24.4 Å². The molecular formula is C22H20Br2N4O3. The van der Waals surface area contributed by atoms with Crippen molar-refractivity contribution in [2.75, 3.05) is 13.2 Å². The standard InChI is InChI=1S/C22H20Br2N4O3/c1-4-30-19-9-14(17(24)11-20(19)31-8-7-25)12-26-28-21(13(2)3)27-18-6-5-15(23)10-16(18)22(28)29/h5-6,9-13H,4,8H2,1-3H3. The highest BCUT2D eigenvalue weighted by molar-refractivity contribution is 9.10. The van der Waals surface area contributed by atoms with Gasteiger partial charge in [0.15, 0.2) is 18.1 Å². The first-order valence-electron chi connectivity index (χ1n) is 9.58. The Bertz CT molecular complexity index is 1250. The van der Waals surface area contributed by atoms with Crippen LogP contribution >= 0.6 is 31.9 Å². The molecule has 0 N–H and O–H groups in total. The van der Waals surface area contributed by atoms with E-state index in [0.717, 1.165) is 4.47 Å². The number of halogens is 2. The van der Waals surface area contributed by atoms with Gasteiger partial charge in [0.1, 0.15) is 11.9 Å². The minimum atomic E-state index is -0.249. The van der Waals surface area contributed by atoms with Gasteiger partial charge in [0.05, 0.1) is 23.7 Å². The largest absolute Gasteiger partial charge is 0.490 e. The van der Waals surface area contributed by atoms with E-state index in [-0.39, 0.29) is 18.1 Å². The van der Waals surface area contributed by atoms with Gasteiger partial charge in [0.2, 0.25) is 0 Å². The Labute approximate surface area is 196 Å². The molecule has 0 aliphatic carbocycles. The quantitative estimate of drug-likeness (QED) is 0.378. The van der Waals surface area contributed by atoms with Gasteiger partial charge < -0.3 is 9.47 Å². The smallest absolute Gasteiger partial charge is 0.282 e. The summed E-state index contributed by atoms with van der Waals surface area (Å²) in [6, 6.07) is 10.8. The maximum Gasteiger partial charge on any atom is 0.282 e. The lowest BCUT2D eigenvalue weighted by molar-refractivity contribution is 0.298. The molecule has 0 unspecified atom stereocenters. The second-order valence-electron chi connectivity index (χ2n) is 6.85. The normalized spacial score (nSPS) is 11.3. The van der Waals surface area contributed by atoms with Gasteiger partial charge in [0.25, 0.3) is 5.56 Å². The summed E-state index contributed by atoms with van der Waals surface area (Å²) in [6.07, 6.45) is 1.57. The topological polar surface area (TPSA) is 89.5 Å². The molecule has 0 atom stereocenters. The first-order chi connectivity index (χ1) is 14.8. The molecule has 0 saturated carbocycles. The number of nitriles is 1. The van der Waals surface area contributed by atoms with Crippen LogP contribution in [0.4, 0.5) is 0 Å². The highest BCUT2D eigenvalue weighted by Gasteiger charge is 2.15. The van der Waals surface area contributed by atoms with Crippen molar-refractivity contribution in [1.82, 2.24) is 9.66 Å². The second-order valence-corrected chi connectivity index (χ2v) is 8.62. The second kappa shape index (κ2) is 10.1. The number of aromatic nitrogens is 2. The lowest BCUT2D eigenvalue weighted by Crippen LogP contribution is -2.23. The van der Waals surface area contributed by atoms with Crippen LogP contribution in [0.25, 0.3) is 10.9 Å². The van der Waals surface area contributed by atoms with Crippen LogP contribution in [-0.4, -0.2) is 29.1 Å². The minimum absolute atomic E-state index is 0.0120. The van der Waals surface area contributed by atoms with Crippen LogP contribution in [-0.2, 0) is 0 Å². The monoisotopic (exact) mass is 546 g/mol. The van der Waals surface area contributed by atoms with Crippen LogP contribution in [0.2, 0.25) is 0 Å².